The van der Waals surface area contributed by atoms with Gasteiger partial charge in [0.2, 0.25) is 0 Å². The molecule has 0 saturated heterocycles. The SMILES string of the molecule is O=C(Cc1ncc(Cc2cccc(F)c2)s1)c1ccc2c(c1)COC2. The molecule has 1 aliphatic rings. The molecule has 0 N–H and O–H groups in total. The number of ketones is 1. The molecule has 4 rings (SSSR count). The Hall–Kier alpha value is -2.37. The lowest BCUT2D eigenvalue weighted by molar-refractivity contribution is 0.0992. The van der Waals surface area contributed by atoms with E-state index in [0.717, 1.165) is 26.6 Å². The minimum Gasteiger partial charge on any atom is -0.372 e. The van der Waals surface area contributed by atoms with Gasteiger partial charge in [-0.3, -0.25) is 4.79 Å². The Morgan fingerprint density at radius 3 is 2.92 bits per heavy atom. The molecule has 0 radical (unpaired) electrons. The van der Waals surface area contributed by atoms with E-state index in [1.54, 1.807) is 12.3 Å². The van der Waals surface area contributed by atoms with Gasteiger partial charge in [0.25, 0.3) is 0 Å². The molecule has 0 saturated carbocycles. The van der Waals surface area contributed by atoms with Crippen LogP contribution in [0.25, 0.3) is 0 Å². The van der Waals surface area contributed by atoms with E-state index in [-0.39, 0.29) is 18.0 Å². The monoisotopic (exact) mass is 353 g/mol. The Balaban J connectivity index is 1.44. The Bertz CT molecular complexity index is 935. The Labute approximate surface area is 149 Å². The summed E-state index contributed by atoms with van der Waals surface area (Å²) < 4.78 is 18.7. The summed E-state index contributed by atoms with van der Waals surface area (Å²) in [6, 6.07) is 12.3. The summed E-state index contributed by atoms with van der Waals surface area (Å²) in [6.45, 7) is 1.20. The lowest BCUT2D eigenvalue weighted by atomic mass is 10.0. The highest BCUT2D eigenvalue weighted by Crippen LogP contribution is 2.23. The highest BCUT2D eigenvalue weighted by Gasteiger charge is 2.16. The van der Waals surface area contributed by atoms with E-state index < -0.39 is 0 Å². The zero-order valence-corrected chi connectivity index (χ0v) is 14.3. The lowest BCUT2D eigenvalue weighted by Crippen LogP contribution is -2.04. The molecule has 0 unspecified atom stereocenters. The molecule has 3 aromatic rings. The van der Waals surface area contributed by atoms with Crippen LogP contribution in [0.5, 0.6) is 0 Å². The van der Waals surface area contributed by atoms with Crippen molar-refractivity contribution in [1.82, 2.24) is 4.98 Å². The van der Waals surface area contributed by atoms with Gasteiger partial charge in [-0.1, -0.05) is 24.3 Å². The van der Waals surface area contributed by atoms with Crippen LogP contribution in [-0.4, -0.2) is 10.8 Å². The van der Waals surface area contributed by atoms with Crippen molar-refractivity contribution < 1.29 is 13.9 Å². The second kappa shape index (κ2) is 6.86. The van der Waals surface area contributed by atoms with E-state index in [1.165, 1.54) is 23.5 Å². The zero-order valence-electron chi connectivity index (χ0n) is 13.5. The van der Waals surface area contributed by atoms with Gasteiger partial charge in [-0.15, -0.1) is 11.3 Å². The summed E-state index contributed by atoms with van der Waals surface area (Å²) in [4.78, 5) is 17.9. The number of rotatable bonds is 5. The van der Waals surface area contributed by atoms with Crippen molar-refractivity contribution in [2.24, 2.45) is 0 Å². The standard InChI is InChI=1S/C20H16FNO2S/c21-17-3-1-2-13(6-17)7-18-10-22-20(25-18)9-19(23)14-4-5-15-11-24-12-16(15)8-14/h1-6,8,10H,7,9,11-12H2. The Morgan fingerprint density at radius 2 is 2.04 bits per heavy atom. The summed E-state index contributed by atoms with van der Waals surface area (Å²) in [5.41, 5.74) is 3.85. The van der Waals surface area contributed by atoms with Gasteiger partial charge in [-0.25, -0.2) is 9.37 Å². The van der Waals surface area contributed by atoms with E-state index in [0.29, 0.717) is 25.2 Å². The largest absolute Gasteiger partial charge is 0.372 e. The van der Waals surface area contributed by atoms with Crippen molar-refractivity contribution in [1.29, 1.82) is 0 Å². The van der Waals surface area contributed by atoms with Crippen LogP contribution in [0.1, 0.15) is 36.9 Å². The third-order valence-corrected chi connectivity index (χ3v) is 5.22. The molecule has 0 atom stereocenters. The second-order valence-corrected chi connectivity index (χ2v) is 7.30. The molecular formula is C20H16FNO2S. The van der Waals surface area contributed by atoms with Gasteiger partial charge < -0.3 is 4.74 Å². The highest BCUT2D eigenvalue weighted by atomic mass is 32.1. The van der Waals surface area contributed by atoms with Crippen molar-refractivity contribution in [3.8, 4) is 0 Å². The first-order chi connectivity index (χ1) is 12.2. The highest BCUT2D eigenvalue weighted by molar-refractivity contribution is 7.11. The van der Waals surface area contributed by atoms with Gasteiger partial charge in [0.05, 0.1) is 19.6 Å². The molecule has 0 spiro atoms. The van der Waals surface area contributed by atoms with Gasteiger partial charge >= 0.3 is 0 Å². The third kappa shape index (κ3) is 3.67. The zero-order chi connectivity index (χ0) is 17.2. The third-order valence-electron chi connectivity index (χ3n) is 4.22. The Kier molecular flexibility index (Phi) is 4.42. The van der Waals surface area contributed by atoms with E-state index in [9.17, 15) is 9.18 Å². The number of thiazole rings is 1. The molecule has 126 valence electrons. The molecule has 3 nitrogen and oxygen atoms in total. The Morgan fingerprint density at radius 1 is 1.16 bits per heavy atom. The fourth-order valence-electron chi connectivity index (χ4n) is 2.94. The predicted molar refractivity (Wildman–Crippen MR) is 94.3 cm³/mol. The lowest BCUT2D eigenvalue weighted by Gasteiger charge is -2.02. The fourth-order valence-corrected chi connectivity index (χ4v) is 3.90. The van der Waals surface area contributed by atoms with E-state index >= 15 is 0 Å². The first-order valence-corrected chi connectivity index (χ1v) is 8.90. The number of halogens is 1. The maximum atomic E-state index is 13.3. The van der Waals surface area contributed by atoms with Crippen LogP contribution in [0.2, 0.25) is 0 Å². The number of nitrogens with zero attached hydrogens (tertiary/aromatic N) is 1. The van der Waals surface area contributed by atoms with Gasteiger partial charge in [0.15, 0.2) is 5.78 Å². The van der Waals surface area contributed by atoms with Gasteiger partial charge in [0.1, 0.15) is 10.8 Å². The average molecular weight is 353 g/mol. The minimum atomic E-state index is -0.238. The maximum absolute atomic E-state index is 13.3. The fraction of sp³-hybridized carbons (Fsp3) is 0.200. The molecule has 1 aliphatic heterocycles. The minimum absolute atomic E-state index is 0.0568. The number of carbonyl (C=O) groups excluding carboxylic acids is 1. The van der Waals surface area contributed by atoms with Crippen molar-refractivity contribution >= 4 is 17.1 Å². The first-order valence-electron chi connectivity index (χ1n) is 8.08. The molecule has 2 heterocycles. The van der Waals surface area contributed by atoms with E-state index in [4.69, 9.17) is 4.74 Å². The number of carbonyl (C=O) groups is 1. The van der Waals surface area contributed by atoms with Crippen LogP contribution < -0.4 is 0 Å². The summed E-state index contributed by atoms with van der Waals surface area (Å²) >= 11 is 1.50. The van der Waals surface area contributed by atoms with Crippen LogP contribution in [0.4, 0.5) is 4.39 Å². The second-order valence-electron chi connectivity index (χ2n) is 6.10. The van der Waals surface area contributed by atoms with Gasteiger partial charge in [-0.2, -0.15) is 0 Å². The number of ether oxygens (including phenoxy) is 1. The molecule has 0 aliphatic carbocycles. The summed E-state index contributed by atoms with van der Waals surface area (Å²) in [6.07, 6.45) is 2.68. The van der Waals surface area contributed by atoms with Crippen LogP contribution in [0.3, 0.4) is 0 Å². The van der Waals surface area contributed by atoms with Crippen LogP contribution in [0.15, 0.2) is 48.7 Å². The normalized spacial score (nSPS) is 13.0. The van der Waals surface area contributed by atoms with Crippen molar-refractivity contribution in [3.05, 3.63) is 86.6 Å². The van der Waals surface area contributed by atoms with E-state index in [2.05, 4.69) is 4.98 Å². The van der Waals surface area contributed by atoms with E-state index in [1.807, 2.05) is 24.3 Å². The topological polar surface area (TPSA) is 39.2 Å². The van der Waals surface area contributed by atoms with Gasteiger partial charge in [0, 0.05) is 23.1 Å². The summed E-state index contributed by atoms with van der Waals surface area (Å²) in [7, 11) is 0. The van der Waals surface area contributed by atoms with Crippen molar-refractivity contribution in [2.45, 2.75) is 26.1 Å². The first kappa shape index (κ1) is 16.1. The predicted octanol–water partition coefficient (Wildman–Crippen LogP) is 4.33. The molecule has 2 aromatic carbocycles. The molecular weight excluding hydrogens is 337 g/mol. The number of benzene rings is 2. The molecule has 0 fully saturated rings. The summed E-state index contributed by atoms with van der Waals surface area (Å²) in [5, 5.41) is 0.785. The van der Waals surface area contributed by atoms with Crippen molar-refractivity contribution in [3.63, 3.8) is 0 Å². The van der Waals surface area contributed by atoms with Crippen molar-refractivity contribution in [2.75, 3.05) is 0 Å². The van der Waals surface area contributed by atoms with Crippen LogP contribution in [-0.2, 0) is 30.8 Å². The summed E-state index contributed by atoms with van der Waals surface area (Å²) in [5.74, 6) is -0.181. The smallest absolute Gasteiger partial charge is 0.169 e. The number of hydrogen-bond donors (Lipinski definition) is 0. The number of Topliss-reactive ketones (excluding diaryl/α,β-unsaturated/α-hetero) is 1. The van der Waals surface area contributed by atoms with Crippen LogP contribution >= 0.6 is 11.3 Å². The number of aromatic nitrogens is 1. The average Bonchev–Trinajstić information content (AvgIpc) is 3.23. The van der Waals surface area contributed by atoms with Crippen LogP contribution in [0, 0.1) is 5.82 Å². The quantitative estimate of drug-likeness (QED) is 0.641. The van der Waals surface area contributed by atoms with Gasteiger partial charge in [-0.05, 0) is 34.9 Å². The molecule has 5 heteroatoms. The molecule has 25 heavy (non-hydrogen) atoms. The molecule has 0 bridgehead atoms. The molecule has 0 amide bonds. The maximum Gasteiger partial charge on any atom is 0.169 e. The molecule has 1 aromatic heterocycles. The number of fused-ring (bicyclic) bond motifs is 1. The number of hydrogen-bond acceptors (Lipinski definition) is 4.